The Bertz CT molecular complexity index is 472. The largest absolute Gasteiger partial charge is 0.395 e. The van der Waals surface area contributed by atoms with Gasteiger partial charge in [-0.2, -0.15) is 0 Å². The maximum absolute atomic E-state index is 12.1. The SMILES string of the molecule is CCN(CCO)C(=O)NCC1(c2ccc(Cl)cc2)CCC1. The van der Waals surface area contributed by atoms with Crippen molar-refractivity contribution < 1.29 is 9.90 Å². The van der Waals surface area contributed by atoms with Crippen LogP contribution in [0.5, 0.6) is 0 Å². The van der Waals surface area contributed by atoms with Gasteiger partial charge in [-0.15, -0.1) is 0 Å². The van der Waals surface area contributed by atoms with E-state index in [2.05, 4.69) is 17.4 Å². The zero-order valence-corrected chi connectivity index (χ0v) is 13.2. The molecule has 0 unspecified atom stereocenters. The van der Waals surface area contributed by atoms with Gasteiger partial charge in [0.2, 0.25) is 0 Å². The molecule has 0 bridgehead atoms. The zero-order chi connectivity index (χ0) is 15.3. The first-order chi connectivity index (χ1) is 10.1. The first-order valence-electron chi connectivity index (χ1n) is 7.51. The number of hydrogen-bond donors (Lipinski definition) is 2. The number of halogens is 1. The van der Waals surface area contributed by atoms with Crippen molar-refractivity contribution >= 4 is 17.6 Å². The summed E-state index contributed by atoms with van der Waals surface area (Å²) in [7, 11) is 0. The van der Waals surface area contributed by atoms with Gasteiger partial charge in [0.15, 0.2) is 0 Å². The van der Waals surface area contributed by atoms with E-state index < -0.39 is 0 Å². The molecule has 116 valence electrons. The Hall–Kier alpha value is -1.26. The van der Waals surface area contributed by atoms with Gasteiger partial charge in [0.05, 0.1) is 6.61 Å². The van der Waals surface area contributed by atoms with E-state index in [0.717, 1.165) is 17.9 Å². The summed E-state index contributed by atoms with van der Waals surface area (Å²) >= 11 is 5.95. The lowest BCUT2D eigenvalue weighted by molar-refractivity contribution is 0.170. The zero-order valence-electron chi connectivity index (χ0n) is 12.4. The minimum Gasteiger partial charge on any atom is -0.395 e. The fourth-order valence-corrected chi connectivity index (χ4v) is 2.98. The predicted octanol–water partition coefficient (Wildman–Crippen LogP) is 2.79. The van der Waals surface area contributed by atoms with E-state index in [1.165, 1.54) is 12.0 Å². The number of likely N-dealkylation sites (N-methyl/N-ethyl adjacent to an activating group) is 1. The minimum atomic E-state index is -0.105. The van der Waals surface area contributed by atoms with Crippen LogP contribution >= 0.6 is 11.6 Å². The molecule has 5 heteroatoms. The molecule has 4 nitrogen and oxygen atoms in total. The standard InChI is InChI=1S/C16H23ClN2O2/c1-2-19(10-11-20)15(21)18-12-16(8-3-9-16)13-4-6-14(17)7-5-13/h4-7,20H,2-3,8-12H2,1H3,(H,18,21). The number of aliphatic hydroxyl groups is 1. The van der Waals surface area contributed by atoms with E-state index >= 15 is 0 Å². The number of amides is 2. The van der Waals surface area contributed by atoms with Crippen molar-refractivity contribution in [3.8, 4) is 0 Å². The number of nitrogens with zero attached hydrogens (tertiary/aromatic N) is 1. The summed E-state index contributed by atoms with van der Waals surface area (Å²) in [5.41, 5.74) is 1.28. The van der Waals surface area contributed by atoms with Crippen molar-refractivity contribution in [3.63, 3.8) is 0 Å². The van der Waals surface area contributed by atoms with Crippen LogP contribution in [-0.2, 0) is 5.41 Å². The number of hydrogen-bond acceptors (Lipinski definition) is 2. The van der Waals surface area contributed by atoms with Gasteiger partial charge in [0.25, 0.3) is 0 Å². The molecule has 0 radical (unpaired) electrons. The van der Waals surface area contributed by atoms with Crippen molar-refractivity contribution in [2.45, 2.75) is 31.6 Å². The first kappa shape index (κ1) is 16.1. The van der Waals surface area contributed by atoms with Gasteiger partial charge in [-0.1, -0.05) is 30.2 Å². The van der Waals surface area contributed by atoms with Gasteiger partial charge >= 0.3 is 6.03 Å². The van der Waals surface area contributed by atoms with E-state index in [0.29, 0.717) is 19.6 Å². The molecule has 0 spiro atoms. The average molecular weight is 311 g/mol. The van der Waals surface area contributed by atoms with Gasteiger partial charge in [0, 0.05) is 30.1 Å². The molecule has 1 aromatic carbocycles. The predicted molar refractivity (Wildman–Crippen MR) is 84.7 cm³/mol. The highest BCUT2D eigenvalue weighted by atomic mass is 35.5. The maximum atomic E-state index is 12.1. The normalized spacial score (nSPS) is 16.1. The number of rotatable bonds is 6. The highest BCUT2D eigenvalue weighted by molar-refractivity contribution is 6.30. The van der Waals surface area contributed by atoms with Crippen LogP contribution in [0.25, 0.3) is 0 Å². The van der Waals surface area contributed by atoms with Crippen LogP contribution in [0, 0.1) is 0 Å². The van der Waals surface area contributed by atoms with Crippen molar-refractivity contribution in [1.82, 2.24) is 10.2 Å². The summed E-state index contributed by atoms with van der Waals surface area (Å²) in [6.07, 6.45) is 3.36. The number of urea groups is 1. The molecular formula is C16H23ClN2O2. The van der Waals surface area contributed by atoms with E-state index in [-0.39, 0.29) is 18.1 Å². The molecule has 21 heavy (non-hydrogen) atoms. The van der Waals surface area contributed by atoms with Gasteiger partial charge < -0.3 is 15.3 Å². The van der Waals surface area contributed by atoms with Crippen LogP contribution in [0.2, 0.25) is 5.02 Å². The summed E-state index contributed by atoms with van der Waals surface area (Å²) in [6.45, 7) is 3.50. The van der Waals surface area contributed by atoms with Crippen LogP contribution in [0.15, 0.2) is 24.3 Å². The maximum Gasteiger partial charge on any atom is 0.317 e. The molecule has 1 aliphatic rings. The summed E-state index contributed by atoms with van der Waals surface area (Å²) in [5.74, 6) is 0. The van der Waals surface area contributed by atoms with Gasteiger partial charge in [-0.05, 0) is 37.5 Å². The quantitative estimate of drug-likeness (QED) is 0.849. The van der Waals surface area contributed by atoms with E-state index in [1.54, 1.807) is 4.90 Å². The monoisotopic (exact) mass is 310 g/mol. The third-order valence-corrected chi connectivity index (χ3v) is 4.64. The Kier molecular flexibility index (Phi) is 5.48. The van der Waals surface area contributed by atoms with Crippen LogP contribution in [0.3, 0.4) is 0 Å². The Morgan fingerprint density at radius 3 is 2.52 bits per heavy atom. The fraction of sp³-hybridized carbons (Fsp3) is 0.562. The summed E-state index contributed by atoms with van der Waals surface area (Å²) in [6, 6.07) is 7.82. The summed E-state index contributed by atoms with van der Waals surface area (Å²) < 4.78 is 0. The molecule has 2 rings (SSSR count). The fourth-order valence-electron chi connectivity index (χ4n) is 2.86. The van der Waals surface area contributed by atoms with E-state index in [9.17, 15) is 4.79 Å². The van der Waals surface area contributed by atoms with E-state index in [1.807, 2.05) is 19.1 Å². The molecule has 1 fully saturated rings. The lowest BCUT2D eigenvalue weighted by atomic mass is 9.64. The molecule has 1 saturated carbocycles. The van der Waals surface area contributed by atoms with E-state index in [4.69, 9.17) is 16.7 Å². The van der Waals surface area contributed by atoms with Crippen LogP contribution < -0.4 is 5.32 Å². The van der Waals surface area contributed by atoms with Gasteiger partial charge in [-0.25, -0.2) is 4.79 Å². The smallest absolute Gasteiger partial charge is 0.317 e. The number of aliphatic hydroxyl groups excluding tert-OH is 1. The van der Waals surface area contributed by atoms with Crippen molar-refractivity contribution in [2.24, 2.45) is 0 Å². The Morgan fingerprint density at radius 2 is 2.05 bits per heavy atom. The second-order valence-electron chi connectivity index (χ2n) is 5.60. The minimum absolute atomic E-state index is 0.0103. The number of nitrogens with one attached hydrogen (secondary N) is 1. The topological polar surface area (TPSA) is 52.6 Å². The number of carbonyl (C=O) groups excluding carboxylic acids is 1. The second kappa shape index (κ2) is 7.14. The molecule has 1 aliphatic carbocycles. The molecule has 0 atom stereocenters. The number of carbonyl (C=O) groups is 1. The van der Waals surface area contributed by atoms with Gasteiger partial charge in [0.1, 0.15) is 0 Å². The molecule has 0 saturated heterocycles. The lowest BCUT2D eigenvalue weighted by Gasteiger charge is -2.43. The Labute approximate surface area is 131 Å². The molecule has 0 heterocycles. The van der Waals surface area contributed by atoms with Crippen molar-refractivity contribution in [2.75, 3.05) is 26.2 Å². The first-order valence-corrected chi connectivity index (χ1v) is 7.89. The van der Waals surface area contributed by atoms with Crippen molar-refractivity contribution in [3.05, 3.63) is 34.9 Å². The lowest BCUT2D eigenvalue weighted by Crippen LogP contribution is -2.49. The molecule has 0 aliphatic heterocycles. The van der Waals surface area contributed by atoms with Crippen LogP contribution in [-0.4, -0.2) is 42.3 Å². The average Bonchev–Trinajstić information content (AvgIpc) is 2.45. The molecule has 0 aromatic heterocycles. The summed E-state index contributed by atoms with van der Waals surface area (Å²) in [4.78, 5) is 13.7. The molecule has 2 amide bonds. The van der Waals surface area contributed by atoms with Crippen LogP contribution in [0.1, 0.15) is 31.7 Å². The highest BCUT2D eigenvalue weighted by Gasteiger charge is 2.39. The third-order valence-electron chi connectivity index (χ3n) is 4.38. The Balaban J connectivity index is 1.99. The third kappa shape index (κ3) is 3.69. The molecule has 1 aromatic rings. The van der Waals surface area contributed by atoms with Crippen LogP contribution in [0.4, 0.5) is 4.79 Å². The highest BCUT2D eigenvalue weighted by Crippen LogP contribution is 2.43. The Morgan fingerprint density at radius 1 is 1.38 bits per heavy atom. The van der Waals surface area contributed by atoms with Crippen molar-refractivity contribution in [1.29, 1.82) is 0 Å². The molecular weight excluding hydrogens is 288 g/mol. The molecule has 2 N–H and O–H groups in total. The van der Waals surface area contributed by atoms with Gasteiger partial charge in [-0.3, -0.25) is 0 Å². The summed E-state index contributed by atoms with van der Waals surface area (Å²) in [5, 5.41) is 12.7. The number of benzene rings is 1. The second-order valence-corrected chi connectivity index (χ2v) is 6.04.